The summed E-state index contributed by atoms with van der Waals surface area (Å²) in [5.41, 5.74) is 0.822. The average molecular weight is 277 g/mol. The van der Waals surface area contributed by atoms with E-state index in [1.54, 1.807) is 19.2 Å². The molecule has 0 bridgehead atoms. The lowest BCUT2D eigenvalue weighted by Crippen LogP contribution is -2.23. The molecule has 1 N–H and O–H groups in total. The molecule has 0 amide bonds. The van der Waals surface area contributed by atoms with Gasteiger partial charge < -0.3 is 14.8 Å². The molecule has 0 heterocycles. The Labute approximate surface area is 110 Å². The van der Waals surface area contributed by atoms with E-state index in [9.17, 15) is 13.2 Å². The highest BCUT2D eigenvalue weighted by Crippen LogP contribution is 2.20. The maximum absolute atomic E-state index is 12.0. The molecule has 0 fully saturated rings. The molecule has 0 aliphatic rings. The predicted molar refractivity (Wildman–Crippen MR) is 67.6 cm³/mol. The summed E-state index contributed by atoms with van der Waals surface area (Å²) in [7, 11) is 1.62. The van der Waals surface area contributed by atoms with E-state index >= 15 is 0 Å². The molecule has 108 valence electrons. The van der Waals surface area contributed by atoms with Crippen LogP contribution in [0, 0.1) is 0 Å². The monoisotopic (exact) mass is 277 g/mol. The molecule has 0 saturated carbocycles. The van der Waals surface area contributed by atoms with Gasteiger partial charge in [0, 0.05) is 18.8 Å². The van der Waals surface area contributed by atoms with Crippen molar-refractivity contribution < 1.29 is 22.6 Å². The molecule has 0 spiro atoms. The van der Waals surface area contributed by atoms with Gasteiger partial charge in [-0.1, -0.05) is 6.92 Å². The van der Waals surface area contributed by atoms with Crippen molar-refractivity contribution >= 4 is 5.69 Å². The first-order valence-electron chi connectivity index (χ1n) is 5.99. The largest absolute Gasteiger partial charge is 0.484 e. The fraction of sp³-hybridized carbons (Fsp3) is 0.538. The summed E-state index contributed by atoms with van der Waals surface area (Å²) in [4.78, 5) is 0. The molecule has 0 radical (unpaired) electrons. The van der Waals surface area contributed by atoms with E-state index in [-0.39, 0.29) is 11.8 Å². The molecule has 19 heavy (non-hydrogen) atoms. The molecular formula is C13H18F3NO2. The van der Waals surface area contributed by atoms with Crippen LogP contribution in [0.5, 0.6) is 5.75 Å². The van der Waals surface area contributed by atoms with Gasteiger partial charge in [0.15, 0.2) is 6.61 Å². The van der Waals surface area contributed by atoms with E-state index in [1.807, 2.05) is 6.92 Å². The van der Waals surface area contributed by atoms with Crippen molar-refractivity contribution in [1.82, 2.24) is 0 Å². The zero-order chi connectivity index (χ0) is 14.3. The highest BCUT2D eigenvalue weighted by molar-refractivity contribution is 5.47. The second-order valence-electron chi connectivity index (χ2n) is 4.13. The molecule has 1 aromatic rings. The highest BCUT2D eigenvalue weighted by Gasteiger charge is 2.28. The van der Waals surface area contributed by atoms with Gasteiger partial charge in [0.2, 0.25) is 0 Å². The van der Waals surface area contributed by atoms with Gasteiger partial charge >= 0.3 is 6.18 Å². The number of methoxy groups -OCH3 is 1. The van der Waals surface area contributed by atoms with Crippen LogP contribution in [0.2, 0.25) is 0 Å². The van der Waals surface area contributed by atoms with Crippen LogP contribution in [0.25, 0.3) is 0 Å². The van der Waals surface area contributed by atoms with E-state index in [0.717, 1.165) is 12.1 Å². The Hall–Kier alpha value is -1.43. The Bertz CT molecular complexity index is 365. The first-order valence-corrected chi connectivity index (χ1v) is 5.99. The number of rotatable bonds is 7. The topological polar surface area (TPSA) is 30.5 Å². The van der Waals surface area contributed by atoms with Crippen LogP contribution in [0.1, 0.15) is 13.3 Å². The zero-order valence-electron chi connectivity index (χ0n) is 11.0. The van der Waals surface area contributed by atoms with E-state index in [4.69, 9.17) is 4.74 Å². The van der Waals surface area contributed by atoms with Gasteiger partial charge in [-0.3, -0.25) is 0 Å². The van der Waals surface area contributed by atoms with Crippen LogP contribution in [0.15, 0.2) is 24.3 Å². The third kappa shape index (κ3) is 6.33. The first kappa shape index (κ1) is 15.6. The number of hydrogen-bond donors (Lipinski definition) is 1. The lowest BCUT2D eigenvalue weighted by Gasteiger charge is -2.17. The minimum absolute atomic E-state index is 0.173. The Kier molecular flexibility index (Phi) is 5.95. The molecule has 1 atom stereocenters. The summed E-state index contributed by atoms with van der Waals surface area (Å²) < 4.78 is 45.6. The Balaban J connectivity index is 2.51. The van der Waals surface area contributed by atoms with Gasteiger partial charge in [0.1, 0.15) is 5.75 Å². The summed E-state index contributed by atoms with van der Waals surface area (Å²) in [6, 6.07) is 6.56. The van der Waals surface area contributed by atoms with E-state index in [1.165, 1.54) is 12.1 Å². The molecule has 0 aliphatic heterocycles. The van der Waals surface area contributed by atoms with Gasteiger partial charge in [-0.15, -0.1) is 0 Å². The molecular weight excluding hydrogens is 259 g/mol. The van der Waals surface area contributed by atoms with Crippen LogP contribution in [0.4, 0.5) is 18.9 Å². The SMILES string of the molecule is CCC(COC)Nc1ccc(OCC(F)(F)F)cc1. The maximum atomic E-state index is 12.0. The van der Waals surface area contributed by atoms with Crippen molar-refractivity contribution in [3.05, 3.63) is 24.3 Å². The van der Waals surface area contributed by atoms with Crippen molar-refractivity contribution in [2.45, 2.75) is 25.6 Å². The van der Waals surface area contributed by atoms with Crippen LogP contribution in [-0.4, -0.2) is 32.5 Å². The lowest BCUT2D eigenvalue weighted by atomic mass is 10.2. The molecule has 0 saturated heterocycles. The predicted octanol–water partition coefficient (Wildman–Crippen LogP) is 3.46. The lowest BCUT2D eigenvalue weighted by molar-refractivity contribution is -0.153. The highest BCUT2D eigenvalue weighted by atomic mass is 19.4. The fourth-order valence-electron chi connectivity index (χ4n) is 1.51. The molecule has 3 nitrogen and oxygen atoms in total. The van der Waals surface area contributed by atoms with E-state index < -0.39 is 12.8 Å². The molecule has 0 aliphatic carbocycles. The second-order valence-corrected chi connectivity index (χ2v) is 4.13. The van der Waals surface area contributed by atoms with Crippen molar-refractivity contribution in [1.29, 1.82) is 0 Å². The van der Waals surface area contributed by atoms with Gasteiger partial charge in [-0.2, -0.15) is 13.2 Å². The van der Waals surface area contributed by atoms with Gasteiger partial charge in [0.05, 0.1) is 6.61 Å². The minimum atomic E-state index is -4.32. The third-order valence-corrected chi connectivity index (χ3v) is 2.49. The number of benzene rings is 1. The Morgan fingerprint density at radius 3 is 2.32 bits per heavy atom. The first-order chi connectivity index (χ1) is 8.94. The van der Waals surface area contributed by atoms with Gasteiger partial charge in [-0.25, -0.2) is 0 Å². The molecule has 0 aromatic heterocycles. The second kappa shape index (κ2) is 7.23. The molecule has 1 aromatic carbocycles. The van der Waals surface area contributed by atoms with Crippen molar-refractivity contribution in [3.63, 3.8) is 0 Å². The molecule has 1 unspecified atom stereocenters. The van der Waals surface area contributed by atoms with Gasteiger partial charge in [0.25, 0.3) is 0 Å². The number of hydrogen-bond acceptors (Lipinski definition) is 3. The maximum Gasteiger partial charge on any atom is 0.422 e. The van der Waals surface area contributed by atoms with Crippen LogP contribution in [-0.2, 0) is 4.74 Å². The summed E-state index contributed by atoms with van der Waals surface area (Å²) >= 11 is 0. The van der Waals surface area contributed by atoms with Crippen LogP contribution < -0.4 is 10.1 Å². The number of nitrogens with one attached hydrogen (secondary N) is 1. The number of anilines is 1. The van der Waals surface area contributed by atoms with Crippen molar-refractivity contribution in [3.8, 4) is 5.75 Å². The Morgan fingerprint density at radius 1 is 1.21 bits per heavy atom. The number of ether oxygens (including phenoxy) is 2. The van der Waals surface area contributed by atoms with Crippen LogP contribution in [0.3, 0.4) is 0 Å². The average Bonchev–Trinajstić information content (AvgIpc) is 2.36. The smallest absolute Gasteiger partial charge is 0.422 e. The molecule has 1 rings (SSSR count). The number of alkyl halides is 3. The Morgan fingerprint density at radius 2 is 1.84 bits per heavy atom. The number of halogens is 3. The van der Waals surface area contributed by atoms with Crippen molar-refractivity contribution in [2.75, 3.05) is 25.6 Å². The van der Waals surface area contributed by atoms with E-state index in [0.29, 0.717) is 6.61 Å². The van der Waals surface area contributed by atoms with Crippen LogP contribution >= 0.6 is 0 Å². The summed E-state index contributed by atoms with van der Waals surface area (Å²) in [6.45, 7) is 1.32. The summed E-state index contributed by atoms with van der Waals surface area (Å²) in [5, 5.41) is 3.23. The third-order valence-electron chi connectivity index (χ3n) is 2.49. The normalized spacial score (nSPS) is 13.1. The summed E-state index contributed by atoms with van der Waals surface area (Å²) in [5.74, 6) is 0.197. The quantitative estimate of drug-likeness (QED) is 0.828. The summed E-state index contributed by atoms with van der Waals surface area (Å²) in [6.07, 6.45) is -3.43. The fourth-order valence-corrected chi connectivity index (χ4v) is 1.51. The standard InChI is InChI=1S/C13H18F3NO2/c1-3-10(8-18-2)17-11-4-6-12(7-5-11)19-9-13(14,15)16/h4-7,10,17H,3,8-9H2,1-2H3. The molecule has 6 heteroatoms. The zero-order valence-corrected chi connectivity index (χ0v) is 11.0. The van der Waals surface area contributed by atoms with Gasteiger partial charge in [-0.05, 0) is 30.7 Å². The minimum Gasteiger partial charge on any atom is -0.484 e. The van der Waals surface area contributed by atoms with E-state index in [2.05, 4.69) is 10.1 Å². The van der Waals surface area contributed by atoms with Crippen molar-refractivity contribution in [2.24, 2.45) is 0 Å².